The zero-order chi connectivity index (χ0) is 13.3. The van der Waals surface area contributed by atoms with Crippen LogP contribution in [0.5, 0.6) is 0 Å². The molecule has 1 fully saturated rings. The van der Waals surface area contributed by atoms with Crippen molar-refractivity contribution in [2.45, 2.75) is 28.8 Å². The van der Waals surface area contributed by atoms with Crippen molar-refractivity contribution in [3.8, 4) is 0 Å². The summed E-state index contributed by atoms with van der Waals surface area (Å²) in [4.78, 5) is 24.1. The van der Waals surface area contributed by atoms with E-state index in [-0.39, 0.29) is 11.6 Å². The smallest absolute Gasteiger partial charge is 0.342 e. The Morgan fingerprint density at radius 2 is 2.00 bits per heavy atom. The standard InChI is InChI=1S/C8H11N3O6S/c12-2-1-17-7(4(14)3(2)13)18-6-5(15)9-8(16)11-10-6/h2-4,7,12-14H,1H2,(H2,9,11,15,16)/t2-,3-,4-,7+/m0/s1. The second kappa shape index (κ2) is 5.20. The van der Waals surface area contributed by atoms with Gasteiger partial charge in [0.1, 0.15) is 23.7 Å². The van der Waals surface area contributed by atoms with Gasteiger partial charge in [-0.15, -0.1) is 0 Å². The van der Waals surface area contributed by atoms with E-state index in [1.165, 1.54) is 0 Å². The molecular formula is C8H11N3O6S. The normalized spacial score (nSPS) is 32.4. The summed E-state index contributed by atoms with van der Waals surface area (Å²) in [5.74, 6) is 0. The highest BCUT2D eigenvalue weighted by Crippen LogP contribution is 2.27. The lowest BCUT2D eigenvalue weighted by Crippen LogP contribution is -2.51. The summed E-state index contributed by atoms with van der Waals surface area (Å²) in [6.45, 7) is -0.169. The van der Waals surface area contributed by atoms with E-state index in [1.54, 1.807) is 0 Å². The monoisotopic (exact) mass is 277 g/mol. The van der Waals surface area contributed by atoms with Crippen molar-refractivity contribution >= 4 is 11.8 Å². The zero-order valence-corrected chi connectivity index (χ0v) is 9.75. The van der Waals surface area contributed by atoms with Gasteiger partial charge >= 0.3 is 5.69 Å². The fourth-order valence-corrected chi connectivity index (χ4v) is 2.33. The van der Waals surface area contributed by atoms with Crippen LogP contribution in [0.15, 0.2) is 14.6 Å². The Balaban J connectivity index is 2.14. The Hall–Kier alpha value is -1.20. The second-order valence-electron chi connectivity index (χ2n) is 3.68. The molecule has 0 spiro atoms. The van der Waals surface area contributed by atoms with E-state index in [4.69, 9.17) is 4.74 Å². The topological polar surface area (TPSA) is 149 Å². The first-order valence-corrected chi connectivity index (χ1v) is 5.88. The molecular weight excluding hydrogens is 266 g/mol. The van der Waals surface area contributed by atoms with Crippen LogP contribution in [0.1, 0.15) is 0 Å². The van der Waals surface area contributed by atoms with Crippen molar-refractivity contribution in [2.24, 2.45) is 0 Å². The molecule has 9 nitrogen and oxygen atoms in total. The number of H-pyrrole nitrogens is 2. The van der Waals surface area contributed by atoms with Crippen LogP contribution < -0.4 is 11.2 Å². The summed E-state index contributed by atoms with van der Waals surface area (Å²) in [7, 11) is 0. The predicted octanol–water partition coefficient (Wildman–Crippen LogP) is -3.01. The molecule has 5 N–H and O–H groups in total. The Morgan fingerprint density at radius 1 is 1.28 bits per heavy atom. The number of nitrogens with one attached hydrogen (secondary N) is 2. The van der Waals surface area contributed by atoms with Crippen LogP contribution in [-0.4, -0.2) is 60.9 Å². The number of aromatic amines is 2. The van der Waals surface area contributed by atoms with Crippen LogP contribution in [0.25, 0.3) is 0 Å². The van der Waals surface area contributed by atoms with Gasteiger partial charge in [0.2, 0.25) is 0 Å². The van der Waals surface area contributed by atoms with Gasteiger partial charge in [0, 0.05) is 0 Å². The van der Waals surface area contributed by atoms with Crippen LogP contribution >= 0.6 is 11.8 Å². The summed E-state index contributed by atoms with van der Waals surface area (Å²) >= 11 is 0.745. The number of ether oxygens (including phenoxy) is 1. The molecule has 100 valence electrons. The molecule has 0 bridgehead atoms. The van der Waals surface area contributed by atoms with E-state index in [0.717, 1.165) is 11.8 Å². The first kappa shape index (κ1) is 13.2. The number of thioether (sulfide) groups is 1. The Labute approximate surface area is 104 Å². The Kier molecular flexibility index (Phi) is 3.82. The second-order valence-corrected chi connectivity index (χ2v) is 4.77. The van der Waals surface area contributed by atoms with Crippen molar-refractivity contribution in [3.05, 3.63) is 20.8 Å². The van der Waals surface area contributed by atoms with Gasteiger partial charge < -0.3 is 20.1 Å². The molecule has 2 rings (SSSR count). The molecule has 18 heavy (non-hydrogen) atoms. The summed E-state index contributed by atoms with van der Waals surface area (Å²) < 4.78 is 5.08. The van der Waals surface area contributed by atoms with Gasteiger partial charge in [0.15, 0.2) is 5.03 Å². The molecule has 0 aliphatic carbocycles. The third kappa shape index (κ3) is 2.62. The molecule has 2 heterocycles. The van der Waals surface area contributed by atoms with E-state index in [0.29, 0.717) is 0 Å². The summed E-state index contributed by atoms with van der Waals surface area (Å²) in [6.07, 6.45) is -3.91. The van der Waals surface area contributed by atoms with Gasteiger partial charge in [0.05, 0.1) is 6.61 Å². The third-order valence-corrected chi connectivity index (χ3v) is 3.51. The van der Waals surface area contributed by atoms with Gasteiger partial charge in [-0.1, -0.05) is 11.8 Å². The van der Waals surface area contributed by atoms with E-state index >= 15 is 0 Å². The van der Waals surface area contributed by atoms with Crippen molar-refractivity contribution in [1.82, 2.24) is 15.2 Å². The lowest BCUT2D eigenvalue weighted by molar-refractivity contribution is -0.161. The Morgan fingerprint density at radius 3 is 2.67 bits per heavy atom. The molecule has 1 aromatic rings. The highest BCUT2D eigenvalue weighted by Gasteiger charge is 2.38. The molecule has 10 heteroatoms. The molecule has 0 aromatic carbocycles. The maximum absolute atomic E-state index is 11.4. The van der Waals surface area contributed by atoms with Crippen molar-refractivity contribution < 1.29 is 20.1 Å². The zero-order valence-electron chi connectivity index (χ0n) is 8.94. The minimum atomic E-state index is -1.37. The molecule has 0 radical (unpaired) electrons. The van der Waals surface area contributed by atoms with Crippen LogP contribution in [0.4, 0.5) is 0 Å². The largest absolute Gasteiger partial charge is 0.388 e. The van der Waals surface area contributed by atoms with E-state index in [9.17, 15) is 24.9 Å². The van der Waals surface area contributed by atoms with Crippen molar-refractivity contribution in [2.75, 3.05) is 6.61 Å². The van der Waals surface area contributed by atoms with Gasteiger partial charge in [-0.25, -0.2) is 9.89 Å². The number of aliphatic hydroxyl groups excluding tert-OH is 3. The SMILES string of the molecule is O=c1[nH]nc(S[C@H]2OC[C@H](O)[C@H](O)[C@@H]2O)c(=O)[nH]1. The molecule has 0 saturated carbocycles. The van der Waals surface area contributed by atoms with Gasteiger partial charge in [0.25, 0.3) is 5.56 Å². The van der Waals surface area contributed by atoms with E-state index < -0.39 is 35.0 Å². The minimum absolute atomic E-state index is 0.109. The predicted molar refractivity (Wildman–Crippen MR) is 59.1 cm³/mol. The number of hydrogen-bond acceptors (Lipinski definition) is 8. The van der Waals surface area contributed by atoms with Crippen LogP contribution in [0.2, 0.25) is 0 Å². The molecule has 1 aliphatic heterocycles. The average Bonchev–Trinajstić information content (AvgIpc) is 2.33. The molecule has 0 amide bonds. The lowest BCUT2D eigenvalue weighted by Gasteiger charge is -2.34. The van der Waals surface area contributed by atoms with E-state index in [1.807, 2.05) is 10.1 Å². The molecule has 1 aromatic heterocycles. The van der Waals surface area contributed by atoms with Gasteiger partial charge in [-0.2, -0.15) is 5.10 Å². The fourth-order valence-electron chi connectivity index (χ4n) is 1.41. The van der Waals surface area contributed by atoms with E-state index in [2.05, 4.69) is 5.10 Å². The highest BCUT2D eigenvalue weighted by atomic mass is 32.2. The average molecular weight is 277 g/mol. The fraction of sp³-hybridized carbons (Fsp3) is 0.625. The van der Waals surface area contributed by atoms with Crippen LogP contribution in [0, 0.1) is 0 Å². The van der Waals surface area contributed by atoms with Crippen molar-refractivity contribution in [1.29, 1.82) is 0 Å². The number of aliphatic hydroxyl groups is 3. The molecule has 0 unspecified atom stereocenters. The molecule has 1 aliphatic rings. The summed E-state index contributed by atoms with van der Waals surface area (Å²) in [5, 5.41) is 33.8. The minimum Gasteiger partial charge on any atom is -0.388 e. The maximum Gasteiger partial charge on any atom is 0.342 e. The lowest BCUT2D eigenvalue weighted by atomic mass is 10.1. The summed E-state index contributed by atoms with van der Waals surface area (Å²) in [5.41, 5.74) is -2.42. The Bertz CT molecular complexity index is 530. The highest BCUT2D eigenvalue weighted by molar-refractivity contribution is 7.99. The van der Waals surface area contributed by atoms with Gasteiger partial charge in [-0.3, -0.25) is 9.78 Å². The quantitative estimate of drug-likeness (QED) is 0.384. The molecule has 1 saturated heterocycles. The number of rotatable bonds is 2. The van der Waals surface area contributed by atoms with Crippen LogP contribution in [0.3, 0.4) is 0 Å². The maximum atomic E-state index is 11.4. The number of hydrogen-bond donors (Lipinski definition) is 5. The first-order chi connectivity index (χ1) is 8.49. The number of aromatic nitrogens is 3. The third-order valence-electron chi connectivity index (χ3n) is 2.36. The summed E-state index contributed by atoms with van der Waals surface area (Å²) in [6, 6.07) is 0. The van der Waals surface area contributed by atoms with Gasteiger partial charge in [-0.05, 0) is 0 Å². The molecule has 4 atom stereocenters. The first-order valence-electron chi connectivity index (χ1n) is 5.00. The van der Waals surface area contributed by atoms with Crippen LogP contribution in [-0.2, 0) is 4.74 Å². The number of nitrogens with zero attached hydrogens (tertiary/aromatic N) is 1. The van der Waals surface area contributed by atoms with Crippen molar-refractivity contribution in [3.63, 3.8) is 0 Å².